The van der Waals surface area contributed by atoms with Crippen LogP contribution in [0.5, 0.6) is 0 Å². The highest BCUT2D eigenvalue weighted by atomic mass is 35.5. The Morgan fingerprint density at radius 1 is 1.50 bits per heavy atom. The van der Waals surface area contributed by atoms with Crippen LogP contribution in [-0.4, -0.2) is 17.1 Å². The van der Waals surface area contributed by atoms with E-state index in [1.54, 1.807) is 18.2 Å². The lowest BCUT2D eigenvalue weighted by Crippen LogP contribution is -2.30. The van der Waals surface area contributed by atoms with Gasteiger partial charge in [0.1, 0.15) is 6.07 Å². The van der Waals surface area contributed by atoms with Gasteiger partial charge in [-0.15, -0.1) is 0 Å². The van der Waals surface area contributed by atoms with Crippen molar-refractivity contribution in [3.8, 4) is 6.07 Å². The van der Waals surface area contributed by atoms with E-state index in [1.165, 1.54) is 0 Å². The van der Waals surface area contributed by atoms with Gasteiger partial charge in [-0.2, -0.15) is 5.26 Å². The first kappa shape index (κ1) is 12.7. The Labute approximate surface area is 110 Å². The predicted molar refractivity (Wildman–Crippen MR) is 68.6 cm³/mol. The van der Waals surface area contributed by atoms with Crippen LogP contribution >= 0.6 is 11.6 Å². The van der Waals surface area contributed by atoms with E-state index in [4.69, 9.17) is 22.0 Å². The second kappa shape index (κ2) is 5.28. The fourth-order valence-electron chi connectivity index (χ4n) is 2.39. The average molecular weight is 265 g/mol. The lowest BCUT2D eigenvalue weighted by molar-refractivity contribution is -0.141. The van der Waals surface area contributed by atoms with E-state index in [-0.39, 0.29) is 6.04 Å². The third-order valence-electron chi connectivity index (χ3n) is 3.30. The Hall–Kier alpha value is -1.73. The zero-order valence-electron chi connectivity index (χ0n) is 9.69. The number of carbonyl (C=O) groups is 1. The van der Waals surface area contributed by atoms with E-state index in [0.717, 1.165) is 12.8 Å². The molecule has 5 heteroatoms. The van der Waals surface area contributed by atoms with Crippen molar-refractivity contribution in [3.63, 3.8) is 0 Å². The van der Waals surface area contributed by atoms with Gasteiger partial charge in [0.2, 0.25) is 0 Å². The largest absolute Gasteiger partial charge is 0.481 e. The topological polar surface area (TPSA) is 73.1 Å². The second-order valence-electron chi connectivity index (χ2n) is 4.40. The van der Waals surface area contributed by atoms with E-state index in [2.05, 4.69) is 5.32 Å². The summed E-state index contributed by atoms with van der Waals surface area (Å²) in [5, 5.41) is 21.7. The molecule has 0 aromatic heterocycles. The molecule has 1 aliphatic carbocycles. The molecular weight excluding hydrogens is 252 g/mol. The van der Waals surface area contributed by atoms with Gasteiger partial charge in [-0.25, -0.2) is 0 Å². The first-order chi connectivity index (χ1) is 8.63. The van der Waals surface area contributed by atoms with Gasteiger partial charge in [0.25, 0.3) is 0 Å². The maximum atomic E-state index is 11.1. The van der Waals surface area contributed by atoms with Crippen molar-refractivity contribution in [2.75, 3.05) is 5.32 Å². The minimum Gasteiger partial charge on any atom is -0.481 e. The van der Waals surface area contributed by atoms with E-state index < -0.39 is 11.9 Å². The zero-order chi connectivity index (χ0) is 13.1. The van der Waals surface area contributed by atoms with E-state index >= 15 is 0 Å². The quantitative estimate of drug-likeness (QED) is 0.880. The molecule has 0 saturated heterocycles. The van der Waals surface area contributed by atoms with Gasteiger partial charge in [0.05, 0.1) is 22.2 Å². The van der Waals surface area contributed by atoms with Gasteiger partial charge in [-0.05, 0) is 25.0 Å². The van der Waals surface area contributed by atoms with Crippen LogP contribution in [-0.2, 0) is 4.79 Å². The molecule has 0 amide bonds. The molecule has 1 aromatic carbocycles. The molecule has 2 unspecified atom stereocenters. The fraction of sp³-hybridized carbons (Fsp3) is 0.385. The van der Waals surface area contributed by atoms with Gasteiger partial charge in [-0.1, -0.05) is 24.1 Å². The van der Waals surface area contributed by atoms with Crippen LogP contribution in [0.15, 0.2) is 18.2 Å². The first-order valence-electron chi connectivity index (χ1n) is 5.81. The number of nitriles is 1. The fourth-order valence-corrected chi connectivity index (χ4v) is 2.60. The summed E-state index contributed by atoms with van der Waals surface area (Å²) in [5.41, 5.74) is 0.985. The average Bonchev–Trinajstić information content (AvgIpc) is 2.77. The van der Waals surface area contributed by atoms with Crippen LogP contribution in [0.3, 0.4) is 0 Å². The summed E-state index contributed by atoms with van der Waals surface area (Å²) in [6, 6.07) is 7.05. The van der Waals surface area contributed by atoms with Crippen LogP contribution in [0.25, 0.3) is 0 Å². The van der Waals surface area contributed by atoms with Crippen molar-refractivity contribution in [2.24, 2.45) is 5.92 Å². The van der Waals surface area contributed by atoms with Crippen LogP contribution < -0.4 is 5.32 Å². The summed E-state index contributed by atoms with van der Waals surface area (Å²) in [7, 11) is 0. The van der Waals surface area contributed by atoms with E-state index in [0.29, 0.717) is 22.7 Å². The molecule has 1 aliphatic rings. The number of carboxylic acids is 1. The molecule has 0 aliphatic heterocycles. The standard InChI is InChI=1S/C13H13ClN2O2/c14-10-4-2-6-12(9(10)7-15)16-11-5-1-3-8(11)13(17)18/h2,4,6,8,11,16H,1,3,5H2,(H,17,18). The summed E-state index contributed by atoms with van der Waals surface area (Å²) in [4.78, 5) is 11.1. The number of rotatable bonds is 3. The van der Waals surface area contributed by atoms with Crippen molar-refractivity contribution < 1.29 is 9.90 Å². The lowest BCUT2D eigenvalue weighted by Gasteiger charge is -2.19. The molecule has 2 atom stereocenters. The number of nitrogens with zero attached hydrogens (tertiary/aromatic N) is 1. The normalized spacial score (nSPS) is 22.4. The van der Waals surface area contributed by atoms with Crippen LogP contribution in [0.4, 0.5) is 5.69 Å². The van der Waals surface area contributed by atoms with Crippen molar-refractivity contribution >= 4 is 23.3 Å². The summed E-state index contributed by atoms with van der Waals surface area (Å²) in [6.45, 7) is 0. The summed E-state index contributed by atoms with van der Waals surface area (Å²) >= 11 is 5.94. The van der Waals surface area contributed by atoms with Gasteiger partial charge >= 0.3 is 5.97 Å². The highest BCUT2D eigenvalue weighted by Gasteiger charge is 2.33. The highest BCUT2D eigenvalue weighted by Crippen LogP contribution is 2.31. The molecule has 94 valence electrons. The zero-order valence-corrected chi connectivity index (χ0v) is 10.4. The number of anilines is 1. The van der Waals surface area contributed by atoms with Gasteiger partial charge in [0.15, 0.2) is 0 Å². The summed E-state index contributed by atoms with van der Waals surface area (Å²) in [6.07, 6.45) is 2.36. The molecule has 18 heavy (non-hydrogen) atoms. The maximum Gasteiger partial charge on any atom is 0.308 e. The molecule has 0 spiro atoms. The minimum absolute atomic E-state index is 0.131. The van der Waals surface area contributed by atoms with Crippen molar-refractivity contribution in [2.45, 2.75) is 25.3 Å². The Balaban J connectivity index is 2.22. The van der Waals surface area contributed by atoms with Gasteiger partial charge in [-0.3, -0.25) is 4.79 Å². The Morgan fingerprint density at radius 3 is 2.94 bits per heavy atom. The van der Waals surface area contributed by atoms with Gasteiger partial charge in [0, 0.05) is 6.04 Å². The molecule has 2 N–H and O–H groups in total. The summed E-state index contributed by atoms with van der Waals surface area (Å²) in [5.74, 6) is -1.18. The summed E-state index contributed by atoms with van der Waals surface area (Å²) < 4.78 is 0. The van der Waals surface area contributed by atoms with E-state index in [9.17, 15) is 4.79 Å². The van der Waals surface area contributed by atoms with Crippen molar-refractivity contribution in [3.05, 3.63) is 28.8 Å². The van der Waals surface area contributed by atoms with Gasteiger partial charge < -0.3 is 10.4 Å². The number of benzene rings is 1. The SMILES string of the molecule is N#Cc1c(Cl)cccc1NC1CCCC1C(=O)O. The van der Waals surface area contributed by atoms with Crippen molar-refractivity contribution in [1.29, 1.82) is 5.26 Å². The highest BCUT2D eigenvalue weighted by molar-refractivity contribution is 6.32. The number of nitrogens with one attached hydrogen (secondary N) is 1. The van der Waals surface area contributed by atoms with Crippen LogP contribution in [0.1, 0.15) is 24.8 Å². The number of carboxylic acid groups (broad SMARTS) is 1. The van der Waals surface area contributed by atoms with Crippen molar-refractivity contribution in [1.82, 2.24) is 0 Å². The molecule has 2 rings (SSSR count). The molecular formula is C13H13ClN2O2. The third-order valence-corrected chi connectivity index (χ3v) is 3.61. The third kappa shape index (κ3) is 2.41. The van der Waals surface area contributed by atoms with Crippen LogP contribution in [0, 0.1) is 17.2 Å². The molecule has 1 saturated carbocycles. The Morgan fingerprint density at radius 2 is 2.28 bits per heavy atom. The number of halogens is 1. The number of hydrogen-bond acceptors (Lipinski definition) is 3. The van der Waals surface area contributed by atoms with E-state index in [1.807, 2.05) is 6.07 Å². The number of aliphatic carboxylic acids is 1. The second-order valence-corrected chi connectivity index (χ2v) is 4.81. The first-order valence-corrected chi connectivity index (χ1v) is 6.19. The minimum atomic E-state index is -0.787. The molecule has 4 nitrogen and oxygen atoms in total. The smallest absolute Gasteiger partial charge is 0.308 e. The molecule has 0 radical (unpaired) electrons. The Kier molecular flexibility index (Phi) is 3.73. The maximum absolute atomic E-state index is 11.1. The monoisotopic (exact) mass is 264 g/mol. The molecule has 0 heterocycles. The van der Waals surface area contributed by atoms with Crippen LogP contribution in [0.2, 0.25) is 5.02 Å². The lowest BCUT2D eigenvalue weighted by atomic mass is 10.0. The predicted octanol–water partition coefficient (Wildman–Crippen LogP) is 2.88. The number of hydrogen-bond donors (Lipinski definition) is 2. The Bertz CT molecular complexity index is 510. The molecule has 1 aromatic rings. The molecule has 0 bridgehead atoms. The molecule has 1 fully saturated rings.